The average Bonchev–Trinajstić information content (AvgIpc) is 2.70. The van der Waals surface area contributed by atoms with Crippen LogP contribution in [0.1, 0.15) is 29.5 Å². The molecule has 0 heterocycles. The Morgan fingerprint density at radius 1 is 0.808 bits per heavy atom. The third-order valence-corrected chi connectivity index (χ3v) is 5.13. The molecule has 3 heteroatoms. The molecule has 0 aliphatic heterocycles. The van der Waals surface area contributed by atoms with Gasteiger partial charge in [-0.25, -0.2) is 0 Å². The van der Waals surface area contributed by atoms with Crippen LogP contribution in [-0.2, 0) is 19.4 Å². The van der Waals surface area contributed by atoms with Crippen molar-refractivity contribution in [1.82, 2.24) is 0 Å². The highest BCUT2D eigenvalue weighted by Crippen LogP contribution is 2.39. The maximum absolute atomic E-state index is 6.39. The van der Waals surface area contributed by atoms with E-state index in [4.69, 9.17) is 16.2 Å². The van der Waals surface area contributed by atoms with E-state index in [1.54, 1.807) is 0 Å². The molecule has 0 bridgehead atoms. The summed E-state index contributed by atoms with van der Waals surface area (Å²) in [5, 5.41) is 0. The van der Waals surface area contributed by atoms with Crippen LogP contribution in [0.3, 0.4) is 0 Å². The molecule has 0 radical (unpaired) electrons. The lowest BCUT2D eigenvalue weighted by Gasteiger charge is -2.21. The minimum atomic E-state index is 0.548. The van der Waals surface area contributed by atoms with Gasteiger partial charge in [-0.1, -0.05) is 42.5 Å². The Hall–Kier alpha value is -2.94. The fourth-order valence-electron chi connectivity index (χ4n) is 3.69. The Bertz CT molecular complexity index is 919. The van der Waals surface area contributed by atoms with E-state index in [1.165, 1.54) is 24.0 Å². The first-order chi connectivity index (χ1) is 12.7. The van der Waals surface area contributed by atoms with Gasteiger partial charge in [0.25, 0.3) is 0 Å². The van der Waals surface area contributed by atoms with E-state index in [-0.39, 0.29) is 0 Å². The SMILES string of the molecule is Nc1c(-c2cccc(OCc3ccccc3)c2)cc2c(c1N)CCCC2. The summed E-state index contributed by atoms with van der Waals surface area (Å²) in [7, 11) is 0. The van der Waals surface area contributed by atoms with Crippen LogP contribution in [-0.4, -0.2) is 0 Å². The summed E-state index contributed by atoms with van der Waals surface area (Å²) in [5.74, 6) is 0.835. The zero-order valence-electron chi connectivity index (χ0n) is 14.9. The van der Waals surface area contributed by atoms with Crippen molar-refractivity contribution in [3.05, 3.63) is 77.4 Å². The number of aryl methyl sites for hydroxylation is 1. The van der Waals surface area contributed by atoms with Crippen molar-refractivity contribution in [3.8, 4) is 16.9 Å². The topological polar surface area (TPSA) is 61.3 Å². The second-order valence-corrected chi connectivity index (χ2v) is 6.90. The smallest absolute Gasteiger partial charge is 0.120 e. The van der Waals surface area contributed by atoms with Gasteiger partial charge in [-0.3, -0.25) is 0 Å². The monoisotopic (exact) mass is 344 g/mol. The van der Waals surface area contributed by atoms with E-state index < -0.39 is 0 Å². The Balaban J connectivity index is 1.63. The number of hydrogen-bond acceptors (Lipinski definition) is 3. The van der Waals surface area contributed by atoms with E-state index in [2.05, 4.69) is 24.3 Å². The number of fused-ring (bicyclic) bond motifs is 1. The van der Waals surface area contributed by atoms with Crippen LogP contribution in [0, 0.1) is 0 Å². The van der Waals surface area contributed by atoms with Crippen LogP contribution in [0.2, 0.25) is 0 Å². The fraction of sp³-hybridized carbons (Fsp3) is 0.217. The highest BCUT2D eigenvalue weighted by Gasteiger charge is 2.18. The van der Waals surface area contributed by atoms with Gasteiger partial charge in [-0.15, -0.1) is 0 Å². The van der Waals surface area contributed by atoms with Crippen molar-refractivity contribution >= 4 is 11.4 Å². The standard InChI is InChI=1S/C23H24N2O/c24-22-20-12-5-4-9-18(20)14-21(23(22)25)17-10-6-11-19(13-17)26-15-16-7-2-1-3-8-16/h1-3,6-8,10-11,13-14H,4-5,9,12,15,24-25H2. The van der Waals surface area contributed by atoms with Gasteiger partial charge in [0.15, 0.2) is 0 Å². The number of hydrogen-bond donors (Lipinski definition) is 2. The Morgan fingerprint density at radius 2 is 1.62 bits per heavy atom. The van der Waals surface area contributed by atoms with Crippen molar-refractivity contribution in [1.29, 1.82) is 0 Å². The molecule has 0 saturated heterocycles. The molecular formula is C23H24N2O. The number of nitrogens with two attached hydrogens (primary N) is 2. The summed E-state index contributed by atoms with van der Waals surface area (Å²) in [6.07, 6.45) is 4.53. The molecule has 0 spiro atoms. The maximum Gasteiger partial charge on any atom is 0.120 e. The van der Waals surface area contributed by atoms with Crippen LogP contribution in [0.4, 0.5) is 11.4 Å². The van der Waals surface area contributed by atoms with Crippen molar-refractivity contribution in [3.63, 3.8) is 0 Å². The molecule has 3 nitrogen and oxygen atoms in total. The highest BCUT2D eigenvalue weighted by atomic mass is 16.5. The van der Waals surface area contributed by atoms with Crippen LogP contribution >= 0.6 is 0 Å². The average molecular weight is 344 g/mol. The summed E-state index contributed by atoms with van der Waals surface area (Å²) in [4.78, 5) is 0. The van der Waals surface area contributed by atoms with E-state index >= 15 is 0 Å². The second-order valence-electron chi connectivity index (χ2n) is 6.90. The summed E-state index contributed by atoms with van der Waals surface area (Å²) in [6.45, 7) is 0.548. The predicted octanol–water partition coefficient (Wildman–Crippen LogP) is 4.98. The number of nitrogen functional groups attached to an aromatic ring is 2. The molecule has 0 fully saturated rings. The molecule has 0 amide bonds. The summed E-state index contributed by atoms with van der Waals surface area (Å²) in [5.41, 5.74) is 20.0. The Labute approximate surface area is 154 Å². The van der Waals surface area contributed by atoms with E-state index in [1.807, 2.05) is 36.4 Å². The van der Waals surface area contributed by atoms with E-state index in [0.717, 1.165) is 41.0 Å². The zero-order chi connectivity index (χ0) is 17.9. The van der Waals surface area contributed by atoms with Crippen LogP contribution < -0.4 is 16.2 Å². The second kappa shape index (κ2) is 7.12. The Kier molecular flexibility index (Phi) is 4.53. The molecule has 0 saturated carbocycles. The van der Waals surface area contributed by atoms with Gasteiger partial charge in [0, 0.05) is 5.56 Å². The van der Waals surface area contributed by atoms with Gasteiger partial charge in [-0.05, 0) is 66.1 Å². The molecule has 4 N–H and O–H groups in total. The molecule has 1 aliphatic carbocycles. The largest absolute Gasteiger partial charge is 0.489 e. The van der Waals surface area contributed by atoms with Crippen molar-refractivity contribution in [2.75, 3.05) is 11.5 Å². The van der Waals surface area contributed by atoms with Crippen molar-refractivity contribution in [2.24, 2.45) is 0 Å². The molecule has 0 aromatic heterocycles. The van der Waals surface area contributed by atoms with Crippen LogP contribution in [0.15, 0.2) is 60.7 Å². The number of rotatable bonds is 4. The molecular weight excluding hydrogens is 320 g/mol. The molecule has 26 heavy (non-hydrogen) atoms. The molecule has 132 valence electrons. The Morgan fingerprint density at radius 3 is 2.46 bits per heavy atom. The third-order valence-electron chi connectivity index (χ3n) is 5.13. The maximum atomic E-state index is 6.39. The molecule has 3 aromatic carbocycles. The molecule has 0 unspecified atom stereocenters. The lowest BCUT2D eigenvalue weighted by molar-refractivity contribution is 0.306. The van der Waals surface area contributed by atoms with Gasteiger partial charge in [0.2, 0.25) is 0 Å². The highest BCUT2D eigenvalue weighted by molar-refractivity contribution is 5.87. The summed E-state index contributed by atoms with van der Waals surface area (Å²) < 4.78 is 5.96. The first-order valence-electron chi connectivity index (χ1n) is 9.19. The quantitative estimate of drug-likeness (QED) is 0.657. The van der Waals surface area contributed by atoms with E-state index in [9.17, 15) is 0 Å². The van der Waals surface area contributed by atoms with Gasteiger partial charge in [-0.2, -0.15) is 0 Å². The summed E-state index contributed by atoms with van der Waals surface area (Å²) >= 11 is 0. The molecule has 0 atom stereocenters. The normalized spacial score (nSPS) is 13.2. The lowest BCUT2D eigenvalue weighted by atomic mass is 9.86. The van der Waals surface area contributed by atoms with Gasteiger partial charge < -0.3 is 16.2 Å². The number of anilines is 2. The van der Waals surface area contributed by atoms with Gasteiger partial charge >= 0.3 is 0 Å². The molecule has 3 aromatic rings. The number of benzene rings is 3. The summed E-state index contributed by atoms with van der Waals surface area (Å²) in [6, 6.07) is 20.5. The third kappa shape index (κ3) is 3.25. The zero-order valence-corrected chi connectivity index (χ0v) is 14.9. The first kappa shape index (κ1) is 16.5. The van der Waals surface area contributed by atoms with Gasteiger partial charge in [0.1, 0.15) is 12.4 Å². The minimum Gasteiger partial charge on any atom is -0.489 e. The minimum absolute atomic E-state index is 0.548. The van der Waals surface area contributed by atoms with Crippen LogP contribution in [0.5, 0.6) is 5.75 Å². The van der Waals surface area contributed by atoms with Crippen LogP contribution in [0.25, 0.3) is 11.1 Å². The predicted molar refractivity (Wildman–Crippen MR) is 108 cm³/mol. The molecule has 1 aliphatic rings. The fourth-order valence-corrected chi connectivity index (χ4v) is 3.69. The molecule has 4 rings (SSSR count). The number of ether oxygens (including phenoxy) is 1. The van der Waals surface area contributed by atoms with Crippen molar-refractivity contribution < 1.29 is 4.74 Å². The first-order valence-corrected chi connectivity index (χ1v) is 9.19. The van der Waals surface area contributed by atoms with E-state index in [0.29, 0.717) is 12.3 Å². The lowest BCUT2D eigenvalue weighted by Crippen LogP contribution is -2.10. The van der Waals surface area contributed by atoms with Gasteiger partial charge in [0.05, 0.1) is 11.4 Å². The van der Waals surface area contributed by atoms with Crippen molar-refractivity contribution in [2.45, 2.75) is 32.3 Å².